The van der Waals surface area contributed by atoms with Gasteiger partial charge < -0.3 is 20.9 Å². The second-order valence-corrected chi connectivity index (χ2v) is 8.23. The number of aromatic nitrogens is 2. The van der Waals surface area contributed by atoms with Gasteiger partial charge in [-0.3, -0.25) is 0 Å². The number of nitrogens with zero attached hydrogens (tertiary/aromatic N) is 3. The van der Waals surface area contributed by atoms with Gasteiger partial charge in [-0.05, 0) is 48.2 Å². The lowest BCUT2D eigenvalue weighted by atomic mass is 10.1. The molecule has 1 aliphatic rings. The van der Waals surface area contributed by atoms with Crippen LogP contribution in [0.1, 0.15) is 24.5 Å². The SMILES string of the molecule is CCc1cc(O)ccc1N=C(N)c1cnn2cc(-c3ccccc3)cc2c1NC1CCOC1. The predicted octanol–water partition coefficient (Wildman–Crippen LogP) is 4.51. The molecule has 2 aromatic carbocycles. The number of benzene rings is 2. The second kappa shape index (κ2) is 8.96. The molecule has 1 fully saturated rings. The number of nitrogens with two attached hydrogens (primary N) is 1. The number of rotatable bonds is 6. The summed E-state index contributed by atoms with van der Waals surface area (Å²) in [5, 5.41) is 18.1. The third kappa shape index (κ3) is 4.27. The number of phenols is 1. The van der Waals surface area contributed by atoms with Gasteiger partial charge in [-0.2, -0.15) is 5.10 Å². The van der Waals surface area contributed by atoms with Crippen LogP contribution < -0.4 is 11.1 Å². The number of hydrogen-bond donors (Lipinski definition) is 3. The molecule has 3 heterocycles. The normalized spacial score (nSPS) is 16.4. The average Bonchev–Trinajstić information content (AvgIpc) is 3.51. The molecule has 33 heavy (non-hydrogen) atoms. The molecule has 168 valence electrons. The van der Waals surface area contributed by atoms with Gasteiger partial charge in [0.2, 0.25) is 0 Å². The van der Waals surface area contributed by atoms with Gasteiger partial charge in [-0.25, -0.2) is 9.51 Å². The van der Waals surface area contributed by atoms with E-state index in [4.69, 9.17) is 15.5 Å². The number of phenolic OH excluding ortho intramolecular Hbond substituents is 1. The molecule has 5 rings (SSSR count). The first-order valence-corrected chi connectivity index (χ1v) is 11.2. The van der Waals surface area contributed by atoms with E-state index in [1.165, 1.54) is 0 Å². The van der Waals surface area contributed by atoms with E-state index < -0.39 is 0 Å². The molecule has 2 aromatic heterocycles. The number of anilines is 1. The van der Waals surface area contributed by atoms with Crippen LogP contribution in [0.3, 0.4) is 0 Å². The fourth-order valence-corrected chi connectivity index (χ4v) is 4.20. The van der Waals surface area contributed by atoms with Gasteiger partial charge in [-0.15, -0.1) is 0 Å². The molecule has 0 aliphatic carbocycles. The molecule has 4 N–H and O–H groups in total. The summed E-state index contributed by atoms with van der Waals surface area (Å²) in [7, 11) is 0. The number of aromatic hydroxyl groups is 1. The summed E-state index contributed by atoms with van der Waals surface area (Å²) in [4.78, 5) is 4.71. The van der Waals surface area contributed by atoms with E-state index in [2.05, 4.69) is 28.6 Å². The van der Waals surface area contributed by atoms with Crippen molar-refractivity contribution >= 4 is 22.7 Å². The minimum atomic E-state index is 0.192. The van der Waals surface area contributed by atoms with E-state index in [-0.39, 0.29) is 11.8 Å². The summed E-state index contributed by atoms with van der Waals surface area (Å²) in [5.74, 6) is 0.590. The maximum atomic E-state index is 9.82. The van der Waals surface area contributed by atoms with Crippen molar-refractivity contribution in [1.82, 2.24) is 9.61 Å². The maximum Gasteiger partial charge on any atom is 0.135 e. The zero-order valence-corrected chi connectivity index (χ0v) is 18.5. The molecule has 0 radical (unpaired) electrons. The number of aliphatic imine (C=N–C) groups is 1. The lowest BCUT2D eigenvalue weighted by Crippen LogP contribution is -2.24. The molecule has 4 aromatic rings. The maximum absolute atomic E-state index is 9.82. The summed E-state index contributed by atoms with van der Waals surface area (Å²) < 4.78 is 7.45. The van der Waals surface area contributed by atoms with Crippen molar-refractivity contribution in [3.05, 3.63) is 78.1 Å². The molecular formula is C26H27N5O2. The van der Waals surface area contributed by atoms with Crippen LogP contribution in [0.2, 0.25) is 0 Å². The fraction of sp³-hybridized carbons (Fsp3) is 0.231. The number of nitrogens with one attached hydrogen (secondary N) is 1. The minimum absolute atomic E-state index is 0.192. The summed E-state index contributed by atoms with van der Waals surface area (Å²) in [6.07, 6.45) is 5.44. The van der Waals surface area contributed by atoms with E-state index in [0.717, 1.165) is 58.6 Å². The Morgan fingerprint density at radius 2 is 2.06 bits per heavy atom. The zero-order chi connectivity index (χ0) is 22.8. The number of amidine groups is 1. The van der Waals surface area contributed by atoms with Gasteiger partial charge in [0.25, 0.3) is 0 Å². The third-order valence-corrected chi connectivity index (χ3v) is 5.98. The highest BCUT2D eigenvalue weighted by molar-refractivity contribution is 6.06. The molecule has 1 atom stereocenters. The molecular weight excluding hydrogens is 414 g/mol. The van der Waals surface area contributed by atoms with Gasteiger partial charge in [-0.1, -0.05) is 37.3 Å². The topological polar surface area (TPSA) is 97.2 Å². The molecule has 1 aliphatic heterocycles. The van der Waals surface area contributed by atoms with Gasteiger partial charge in [0.1, 0.15) is 11.6 Å². The van der Waals surface area contributed by atoms with Crippen molar-refractivity contribution in [3.8, 4) is 16.9 Å². The Morgan fingerprint density at radius 1 is 1.21 bits per heavy atom. The van der Waals surface area contributed by atoms with Crippen LogP contribution in [0.5, 0.6) is 5.75 Å². The number of ether oxygens (including phenoxy) is 1. The monoisotopic (exact) mass is 441 g/mol. The van der Waals surface area contributed by atoms with Gasteiger partial charge in [0, 0.05) is 18.4 Å². The fourth-order valence-electron chi connectivity index (χ4n) is 4.20. The smallest absolute Gasteiger partial charge is 0.135 e. The van der Waals surface area contributed by atoms with Crippen LogP contribution in [0.15, 0.2) is 72.0 Å². The van der Waals surface area contributed by atoms with Crippen molar-refractivity contribution < 1.29 is 9.84 Å². The molecule has 1 unspecified atom stereocenters. The second-order valence-electron chi connectivity index (χ2n) is 8.23. The summed E-state index contributed by atoms with van der Waals surface area (Å²) in [6.45, 7) is 3.41. The number of fused-ring (bicyclic) bond motifs is 1. The van der Waals surface area contributed by atoms with Crippen molar-refractivity contribution in [2.75, 3.05) is 18.5 Å². The first-order valence-electron chi connectivity index (χ1n) is 11.2. The first kappa shape index (κ1) is 21.0. The largest absolute Gasteiger partial charge is 0.508 e. The molecule has 7 heteroatoms. The molecule has 1 saturated heterocycles. The zero-order valence-electron chi connectivity index (χ0n) is 18.5. The van der Waals surface area contributed by atoms with E-state index in [1.807, 2.05) is 35.8 Å². The van der Waals surface area contributed by atoms with Crippen LogP contribution in [0.4, 0.5) is 11.4 Å². The number of aryl methyl sites for hydroxylation is 1. The Kier molecular flexibility index (Phi) is 5.71. The molecule has 7 nitrogen and oxygen atoms in total. The quantitative estimate of drug-likeness (QED) is 0.302. The van der Waals surface area contributed by atoms with E-state index in [1.54, 1.807) is 24.4 Å². The molecule has 0 saturated carbocycles. The highest BCUT2D eigenvalue weighted by Gasteiger charge is 2.21. The summed E-state index contributed by atoms with van der Waals surface area (Å²) >= 11 is 0. The van der Waals surface area contributed by atoms with Crippen molar-refractivity contribution in [2.24, 2.45) is 10.7 Å². The Hall–Kier alpha value is -3.84. The summed E-state index contributed by atoms with van der Waals surface area (Å²) in [6, 6.07) is 17.7. The van der Waals surface area contributed by atoms with Crippen molar-refractivity contribution in [3.63, 3.8) is 0 Å². The Morgan fingerprint density at radius 3 is 2.82 bits per heavy atom. The molecule has 0 spiro atoms. The molecule has 0 amide bonds. The van der Waals surface area contributed by atoms with E-state index in [0.29, 0.717) is 12.4 Å². The Labute approximate surface area is 192 Å². The highest BCUT2D eigenvalue weighted by Crippen LogP contribution is 2.31. The lowest BCUT2D eigenvalue weighted by molar-refractivity contribution is 0.195. The summed E-state index contributed by atoms with van der Waals surface area (Å²) in [5.41, 5.74) is 13.0. The predicted molar refractivity (Wildman–Crippen MR) is 131 cm³/mol. The van der Waals surface area contributed by atoms with Crippen LogP contribution in [-0.4, -0.2) is 39.8 Å². The van der Waals surface area contributed by atoms with Crippen molar-refractivity contribution in [2.45, 2.75) is 25.8 Å². The molecule has 0 bridgehead atoms. The lowest BCUT2D eigenvalue weighted by Gasteiger charge is -2.17. The van der Waals surface area contributed by atoms with Crippen LogP contribution in [0.25, 0.3) is 16.6 Å². The third-order valence-electron chi connectivity index (χ3n) is 5.98. The average molecular weight is 442 g/mol. The Bertz CT molecular complexity index is 1310. The van der Waals surface area contributed by atoms with Gasteiger partial charge in [0.05, 0.1) is 41.3 Å². The van der Waals surface area contributed by atoms with Crippen molar-refractivity contribution in [1.29, 1.82) is 0 Å². The van der Waals surface area contributed by atoms with Crippen LogP contribution in [0, 0.1) is 0 Å². The first-order chi connectivity index (χ1) is 16.1. The van der Waals surface area contributed by atoms with E-state index >= 15 is 0 Å². The van der Waals surface area contributed by atoms with Gasteiger partial charge >= 0.3 is 0 Å². The van der Waals surface area contributed by atoms with E-state index in [9.17, 15) is 5.11 Å². The Balaban J connectivity index is 1.62. The highest BCUT2D eigenvalue weighted by atomic mass is 16.5. The number of hydrogen-bond acceptors (Lipinski definition) is 5. The minimum Gasteiger partial charge on any atom is -0.508 e. The van der Waals surface area contributed by atoms with Crippen LogP contribution >= 0.6 is 0 Å². The standard InChI is InChI=1S/C26H27N5O2/c1-2-17-12-21(32)8-9-23(17)30-26(27)22-14-28-31-15-19(18-6-4-3-5-7-18)13-24(31)25(22)29-20-10-11-33-16-20/h3-9,12-15,20,29,32H,2,10-11,16H2,1H3,(H2,27,30). The van der Waals surface area contributed by atoms with Crippen LogP contribution in [-0.2, 0) is 11.2 Å². The van der Waals surface area contributed by atoms with Gasteiger partial charge in [0.15, 0.2) is 0 Å².